The maximum Gasteiger partial charge on any atom is 0.0642 e. The van der Waals surface area contributed by atoms with E-state index in [0.717, 1.165) is 0 Å². The molecule has 0 aromatic carbocycles. The molecule has 0 amide bonds. The molecule has 0 aromatic rings. The van der Waals surface area contributed by atoms with Crippen LogP contribution < -0.4 is 0 Å². The molecule has 10 radical (unpaired) electrons. The minimum absolute atomic E-state index is 1.39. The fourth-order valence-corrected chi connectivity index (χ4v) is 9.31. The maximum absolute atomic E-state index is 2.54. The molecule has 0 aromatic heterocycles. The molecule has 0 unspecified atom stereocenters. The van der Waals surface area contributed by atoms with Crippen LogP contribution in [0.15, 0.2) is 46.6 Å². The average molecular weight is 371 g/mol. The number of fused-ring (bicyclic) bond motifs is 2. The Balaban J connectivity index is 1.69. The van der Waals surface area contributed by atoms with Gasteiger partial charge in [-0.05, 0) is 63.5 Å². The van der Waals surface area contributed by atoms with Gasteiger partial charge in [0.05, 0.1) is 8.07 Å². The predicted molar refractivity (Wildman–Crippen MR) is 118 cm³/mol. The van der Waals surface area contributed by atoms with Crippen LogP contribution in [0.3, 0.4) is 0 Å². The molecule has 0 N–H and O–H groups in total. The van der Waals surface area contributed by atoms with Crippen LogP contribution in [0.25, 0.3) is 0 Å². The first kappa shape index (κ1) is 19.5. The van der Waals surface area contributed by atoms with Crippen LogP contribution in [0, 0.1) is 59.4 Å². The van der Waals surface area contributed by atoms with Gasteiger partial charge in [0.25, 0.3) is 0 Å². The van der Waals surface area contributed by atoms with Gasteiger partial charge in [-0.1, -0.05) is 73.5 Å². The molecule has 4 aliphatic rings. The highest BCUT2D eigenvalue weighted by Gasteiger charge is 2.58. The topological polar surface area (TPSA) is 0 Å². The lowest BCUT2D eigenvalue weighted by atomic mass is 9.85. The van der Waals surface area contributed by atoms with Crippen molar-refractivity contribution in [2.24, 2.45) is 0 Å². The fourth-order valence-electron chi connectivity index (χ4n) is 5.17. The van der Waals surface area contributed by atoms with E-state index >= 15 is 0 Å². The second kappa shape index (κ2) is 6.61. The van der Waals surface area contributed by atoms with Gasteiger partial charge < -0.3 is 0 Å². The summed E-state index contributed by atoms with van der Waals surface area (Å²) in [5.74, 6) is 8.70. The quantitative estimate of drug-likeness (QED) is 0.477. The van der Waals surface area contributed by atoms with Gasteiger partial charge in [-0.25, -0.2) is 0 Å². The third kappa shape index (κ3) is 3.00. The minimum atomic E-state index is -1.85. The molecule has 138 valence electrons. The van der Waals surface area contributed by atoms with Crippen molar-refractivity contribution < 1.29 is 0 Å². The van der Waals surface area contributed by atoms with Gasteiger partial charge in [0.1, 0.15) is 0 Å². The molecule has 0 saturated heterocycles. The summed E-state index contributed by atoms with van der Waals surface area (Å²) >= 11 is 0. The highest BCUT2D eigenvalue weighted by atomic mass is 28.3. The van der Waals surface area contributed by atoms with Gasteiger partial charge in [-0.2, -0.15) is 0 Å². The van der Waals surface area contributed by atoms with Crippen LogP contribution in [0.4, 0.5) is 0 Å². The van der Waals surface area contributed by atoms with E-state index in [2.05, 4.69) is 91.8 Å². The zero-order valence-electron chi connectivity index (χ0n) is 18.0. The first-order valence-electron chi connectivity index (χ1n) is 9.96. The lowest BCUT2D eigenvalue weighted by molar-refractivity contribution is 1.05. The van der Waals surface area contributed by atoms with Gasteiger partial charge in [-0.3, -0.25) is 0 Å². The van der Waals surface area contributed by atoms with E-state index in [1.165, 1.54) is 57.8 Å². The molecule has 0 spiro atoms. The second-order valence-electron chi connectivity index (χ2n) is 9.08. The predicted octanol–water partition coefficient (Wildman–Crippen LogP) is 6.66. The van der Waals surface area contributed by atoms with E-state index in [1.54, 1.807) is 11.1 Å². The van der Waals surface area contributed by atoms with Gasteiger partial charge >= 0.3 is 0 Å². The Morgan fingerprint density at radius 1 is 0.519 bits per heavy atom. The van der Waals surface area contributed by atoms with Gasteiger partial charge in [-0.15, -0.1) is 0 Å². The highest BCUT2D eigenvalue weighted by molar-refractivity contribution is 6.90. The van der Waals surface area contributed by atoms with Crippen molar-refractivity contribution >= 4 is 8.07 Å². The van der Waals surface area contributed by atoms with Crippen molar-refractivity contribution in [3.8, 4) is 0 Å². The molecule has 4 aliphatic carbocycles. The Bertz CT molecular complexity index is 684. The fraction of sp³-hybridized carbons (Fsp3) is 0.308. The van der Waals surface area contributed by atoms with Crippen molar-refractivity contribution in [3.05, 3.63) is 106 Å². The van der Waals surface area contributed by atoms with E-state index in [0.29, 0.717) is 0 Å². The lowest BCUT2D eigenvalue weighted by Gasteiger charge is -2.44. The van der Waals surface area contributed by atoms with Crippen LogP contribution in [0.5, 0.6) is 0 Å². The molecular weight excluding hydrogens is 340 g/mol. The highest BCUT2D eigenvalue weighted by Crippen LogP contribution is 2.62. The van der Waals surface area contributed by atoms with Crippen LogP contribution in [-0.2, 0) is 0 Å². The average Bonchev–Trinajstić information content (AvgIpc) is 3.04. The Hall–Kier alpha value is -0.823. The molecule has 27 heavy (non-hydrogen) atoms. The molecule has 0 atom stereocenters. The van der Waals surface area contributed by atoms with Crippen LogP contribution in [-0.4, -0.2) is 8.07 Å². The molecular formula is C26H30Si. The Morgan fingerprint density at radius 3 is 1.22 bits per heavy atom. The van der Waals surface area contributed by atoms with Crippen molar-refractivity contribution in [2.45, 2.75) is 54.6 Å². The van der Waals surface area contributed by atoms with Gasteiger partial charge in [0.15, 0.2) is 0 Å². The molecule has 0 heterocycles. The summed E-state index contributed by atoms with van der Waals surface area (Å²) in [6, 6.07) is 0. The zero-order valence-corrected chi connectivity index (χ0v) is 19.0. The van der Waals surface area contributed by atoms with Crippen LogP contribution in [0.2, 0.25) is 13.1 Å². The summed E-state index contributed by atoms with van der Waals surface area (Å²) in [6.45, 7) is 18.6. The second-order valence-corrected chi connectivity index (χ2v) is 13.3. The van der Waals surface area contributed by atoms with Crippen molar-refractivity contribution in [1.29, 1.82) is 0 Å². The Morgan fingerprint density at radius 2 is 0.852 bits per heavy atom. The minimum Gasteiger partial charge on any atom is -0.0730 e. The number of allylic oxidation sites excluding steroid dienone is 8. The van der Waals surface area contributed by atoms with Crippen molar-refractivity contribution in [3.63, 3.8) is 0 Å². The monoisotopic (exact) mass is 370 g/mol. The summed E-state index contributed by atoms with van der Waals surface area (Å²) in [7, 11) is -1.85. The van der Waals surface area contributed by atoms with Crippen LogP contribution >= 0.6 is 0 Å². The number of hydrogen-bond acceptors (Lipinski definition) is 0. The van der Waals surface area contributed by atoms with E-state index < -0.39 is 8.07 Å². The van der Waals surface area contributed by atoms with Crippen LogP contribution in [0.1, 0.15) is 41.5 Å². The van der Waals surface area contributed by atoms with Gasteiger partial charge in [0.2, 0.25) is 0 Å². The Labute approximate surface area is 168 Å². The standard InChI is InChI=1S/C26H30Si/c1-15-9-21-11-19(5)25(23(21)13-17(15)3)27(7,8)26-20(6)12-22-10-16(2)18(4)14-24(22)26/h9-14H,1-8H3. The third-order valence-corrected chi connectivity index (χ3v) is 10.5. The summed E-state index contributed by atoms with van der Waals surface area (Å²) < 4.78 is 0. The molecule has 0 nitrogen and oxygen atoms in total. The third-order valence-electron chi connectivity index (χ3n) is 6.65. The number of hydrogen-bond donors (Lipinski definition) is 0. The van der Waals surface area contributed by atoms with E-state index in [4.69, 9.17) is 0 Å². The lowest BCUT2D eigenvalue weighted by Crippen LogP contribution is -2.48. The summed E-state index contributed by atoms with van der Waals surface area (Å²) in [5.41, 5.74) is 8.81. The van der Waals surface area contributed by atoms with Gasteiger partial charge in [0, 0.05) is 23.7 Å². The SMILES string of the molecule is C[C]1[CH][C]2C=C(C)C(C)=C[C]2[C]1[Si](C)(C)[C]1[C](C)[CH][C]2C=C(C)C(C)=C[C]21. The normalized spacial score (nSPS) is 28.1. The maximum atomic E-state index is 2.54. The Kier molecular flexibility index (Phi) is 4.77. The molecule has 0 bridgehead atoms. The van der Waals surface area contributed by atoms with Crippen molar-refractivity contribution in [2.75, 3.05) is 0 Å². The van der Waals surface area contributed by atoms with E-state index in [-0.39, 0.29) is 0 Å². The first-order chi connectivity index (χ1) is 12.6. The molecule has 0 aliphatic heterocycles. The largest absolute Gasteiger partial charge is 0.0730 e. The number of rotatable bonds is 2. The molecule has 1 heteroatoms. The first-order valence-corrected chi connectivity index (χ1v) is 13.0. The summed E-state index contributed by atoms with van der Waals surface area (Å²) in [4.78, 5) is 0. The summed E-state index contributed by atoms with van der Waals surface area (Å²) in [6.07, 6.45) is 14.4. The summed E-state index contributed by atoms with van der Waals surface area (Å²) in [5, 5.41) is 0. The molecule has 4 rings (SSSR count). The zero-order chi connectivity index (χ0) is 19.7. The van der Waals surface area contributed by atoms with E-state index in [1.807, 2.05) is 0 Å². The smallest absolute Gasteiger partial charge is 0.0642 e. The van der Waals surface area contributed by atoms with E-state index in [9.17, 15) is 0 Å². The molecule has 2 saturated carbocycles. The molecule has 2 fully saturated rings. The van der Waals surface area contributed by atoms with Crippen molar-refractivity contribution in [1.82, 2.24) is 0 Å².